The number of benzene rings is 1. The van der Waals surface area contributed by atoms with E-state index in [0.717, 1.165) is 5.56 Å². The highest BCUT2D eigenvalue weighted by molar-refractivity contribution is 5.45. The van der Waals surface area contributed by atoms with E-state index in [1.165, 1.54) is 18.2 Å². The molecule has 2 rings (SSSR count). The molecule has 0 fully saturated rings. The molecule has 2 aromatic rings. The van der Waals surface area contributed by atoms with Crippen LogP contribution in [0.3, 0.4) is 0 Å². The zero-order valence-electron chi connectivity index (χ0n) is 10.3. The van der Waals surface area contributed by atoms with Crippen LogP contribution in [0.5, 0.6) is 11.6 Å². The number of halogens is 1. The largest absolute Gasteiger partial charge is 0.438 e. The summed E-state index contributed by atoms with van der Waals surface area (Å²) in [6.07, 6.45) is 1.55. The van der Waals surface area contributed by atoms with Crippen LogP contribution in [0.25, 0.3) is 0 Å². The maximum absolute atomic E-state index is 13.4. The van der Waals surface area contributed by atoms with Crippen LogP contribution < -0.4 is 10.5 Å². The van der Waals surface area contributed by atoms with Crippen LogP contribution in [0.2, 0.25) is 0 Å². The van der Waals surface area contributed by atoms with Crippen molar-refractivity contribution in [2.24, 2.45) is 5.73 Å². The maximum Gasteiger partial charge on any atom is 0.219 e. The molecule has 19 heavy (non-hydrogen) atoms. The molecule has 0 bridgehead atoms. The standard InChI is InChI=1S/C14H12FN3O/c1-9(17)10-5-6-18-14(7-10)19-13-4-2-3-12(15)11(13)8-16/h2-7,9H,17H2,1H3/t9-/m1/s1. The highest BCUT2D eigenvalue weighted by Crippen LogP contribution is 2.26. The molecule has 0 saturated carbocycles. The molecule has 0 aliphatic heterocycles. The second-order valence-electron chi connectivity index (χ2n) is 4.04. The summed E-state index contributed by atoms with van der Waals surface area (Å²) in [5, 5.41) is 8.91. The van der Waals surface area contributed by atoms with Gasteiger partial charge in [0.15, 0.2) is 0 Å². The van der Waals surface area contributed by atoms with Crippen LogP contribution in [0.4, 0.5) is 4.39 Å². The van der Waals surface area contributed by atoms with E-state index < -0.39 is 5.82 Å². The first kappa shape index (κ1) is 13.0. The quantitative estimate of drug-likeness (QED) is 0.917. The van der Waals surface area contributed by atoms with Gasteiger partial charge in [0.25, 0.3) is 0 Å². The Kier molecular flexibility index (Phi) is 3.74. The van der Waals surface area contributed by atoms with Gasteiger partial charge in [-0.1, -0.05) is 6.07 Å². The van der Waals surface area contributed by atoms with Gasteiger partial charge < -0.3 is 10.5 Å². The molecular weight excluding hydrogens is 245 g/mol. The molecule has 1 aromatic carbocycles. The number of nitriles is 1. The summed E-state index contributed by atoms with van der Waals surface area (Å²) in [6, 6.07) is 9.24. The zero-order valence-corrected chi connectivity index (χ0v) is 10.3. The average Bonchev–Trinajstić information content (AvgIpc) is 2.39. The SMILES string of the molecule is C[C@@H](N)c1ccnc(Oc2cccc(F)c2C#N)c1. The van der Waals surface area contributed by atoms with Crippen LogP contribution in [0, 0.1) is 17.1 Å². The van der Waals surface area contributed by atoms with Crippen LogP contribution in [-0.4, -0.2) is 4.98 Å². The lowest BCUT2D eigenvalue weighted by Crippen LogP contribution is -2.05. The van der Waals surface area contributed by atoms with Crippen LogP contribution in [0.1, 0.15) is 24.1 Å². The third kappa shape index (κ3) is 2.87. The number of hydrogen-bond donors (Lipinski definition) is 1. The molecule has 0 spiro atoms. The van der Waals surface area contributed by atoms with Gasteiger partial charge in [-0.2, -0.15) is 5.26 Å². The summed E-state index contributed by atoms with van der Waals surface area (Å²) >= 11 is 0. The van der Waals surface area contributed by atoms with Gasteiger partial charge in [-0.3, -0.25) is 0 Å². The number of rotatable bonds is 3. The van der Waals surface area contributed by atoms with E-state index in [1.807, 2.05) is 6.92 Å². The van der Waals surface area contributed by atoms with Crippen molar-refractivity contribution in [1.82, 2.24) is 4.98 Å². The van der Waals surface area contributed by atoms with Gasteiger partial charge in [-0.25, -0.2) is 9.37 Å². The number of aromatic nitrogens is 1. The molecule has 4 nitrogen and oxygen atoms in total. The summed E-state index contributed by atoms with van der Waals surface area (Å²) in [5.41, 5.74) is 6.46. The van der Waals surface area contributed by atoms with Crippen molar-refractivity contribution in [3.05, 3.63) is 53.5 Å². The van der Waals surface area contributed by atoms with E-state index in [1.54, 1.807) is 24.4 Å². The Morgan fingerprint density at radius 2 is 2.21 bits per heavy atom. The first-order chi connectivity index (χ1) is 9.11. The van der Waals surface area contributed by atoms with E-state index in [4.69, 9.17) is 15.7 Å². The van der Waals surface area contributed by atoms with Crippen molar-refractivity contribution in [3.8, 4) is 17.7 Å². The lowest BCUT2D eigenvalue weighted by atomic mass is 10.1. The Labute approximate surface area is 110 Å². The molecule has 5 heteroatoms. The van der Waals surface area contributed by atoms with Gasteiger partial charge in [0.05, 0.1) is 0 Å². The molecular formula is C14H12FN3O. The van der Waals surface area contributed by atoms with E-state index in [-0.39, 0.29) is 23.2 Å². The van der Waals surface area contributed by atoms with Gasteiger partial charge in [0.1, 0.15) is 23.2 Å². The minimum absolute atomic E-state index is 0.136. The van der Waals surface area contributed by atoms with Gasteiger partial charge in [-0.15, -0.1) is 0 Å². The van der Waals surface area contributed by atoms with Crippen LogP contribution in [0.15, 0.2) is 36.5 Å². The second-order valence-corrected chi connectivity index (χ2v) is 4.04. The fraction of sp³-hybridized carbons (Fsp3) is 0.143. The average molecular weight is 257 g/mol. The van der Waals surface area contributed by atoms with E-state index in [2.05, 4.69) is 4.98 Å². The fourth-order valence-corrected chi connectivity index (χ4v) is 1.57. The Morgan fingerprint density at radius 1 is 1.42 bits per heavy atom. The maximum atomic E-state index is 13.4. The summed E-state index contributed by atoms with van der Waals surface area (Å²) in [4.78, 5) is 4.01. The monoisotopic (exact) mass is 257 g/mol. The highest BCUT2D eigenvalue weighted by Gasteiger charge is 2.11. The van der Waals surface area contributed by atoms with Crippen molar-refractivity contribution >= 4 is 0 Å². The molecule has 2 N–H and O–H groups in total. The molecule has 96 valence electrons. The predicted molar refractivity (Wildman–Crippen MR) is 68.0 cm³/mol. The molecule has 1 atom stereocenters. The summed E-state index contributed by atoms with van der Waals surface area (Å²) in [7, 11) is 0. The molecule has 0 aliphatic rings. The van der Waals surface area contributed by atoms with Crippen molar-refractivity contribution in [2.75, 3.05) is 0 Å². The molecule has 0 unspecified atom stereocenters. The summed E-state index contributed by atoms with van der Waals surface area (Å²) in [6.45, 7) is 1.84. The topological polar surface area (TPSA) is 71.9 Å². The molecule has 1 aromatic heterocycles. The molecule has 0 radical (unpaired) electrons. The number of nitrogens with zero attached hydrogens (tertiary/aromatic N) is 2. The van der Waals surface area contributed by atoms with E-state index >= 15 is 0 Å². The molecule has 0 amide bonds. The van der Waals surface area contributed by atoms with Gasteiger partial charge in [-0.05, 0) is 30.7 Å². The number of hydrogen-bond acceptors (Lipinski definition) is 4. The molecule has 0 aliphatic carbocycles. The van der Waals surface area contributed by atoms with Crippen LogP contribution in [-0.2, 0) is 0 Å². The Morgan fingerprint density at radius 3 is 2.89 bits per heavy atom. The van der Waals surface area contributed by atoms with Gasteiger partial charge in [0.2, 0.25) is 5.88 Å². The Balaban J connectivity index is 2.34. The Hall–Kier alpha value is -2.45. The minimum atomic E-state index is -0.622. The van der Waals surface area contributed by atoms with Crippen LogP contribution >= 0.6 is 0 Å². The first-order valence-corrected chi connectivity index (χ1v) is 5.70. The van der Waals surface area contributed by atoms with E-state index in [9.17, 15) is 4.39 Å². The summed E-state index contributed by atoms with van der Waals surface area (Å²) < 4.78 is 18.9. The third-order valence-corrected chi connectivity index (χ3v) is 2.59. The minimum Gasteiger partial charge on any atom is -0.438 e. The smallest absolute Gasteiger partial charge is 0.219 e. The number of nitrogens with two attached hydrogens (primary N) is 1. The fourth-order valence-electron chi connectivity index (χ4n) is 1.57. The van der Waals surface area contributed by atoms with Crippen molar-refractivity contribution in [3.63, 3.8) is 0 Å². The number of pyridine rings is 1. The lowest BCUT2D eigenvalue weighted by molar-refractivity contribution is 0.455. The summed E-state index contributed by atoms with van der Waals surface area (Å²) in [5.74, 6) is -0.211. The first-order valence-electron chi connectivity index (χ1n) is 5.70. The van der Waals surface area contributed by atoms with Crippen molar-refractivity contribution in [1.29, 1.82) is 5.26 Å². The lowest BCUT2D eigenvalue weighted by Gasteiger charge is -2.09. The number of ether oxygens (including phenoxy) is 1. The second kappa shape index (κ2) is 5.46. The van der Waals surface area contributed by atoms with Crippen molar-refractivity contribution < 1.29 is 9.13 Å². The predicted octanol–water partition coefficient (Wildman–Crippen LogP) is 2.90. The van der Waals surface area contributed by atoms with E-state index in [0.29, 0.717) is 0 Å². The normalized spacial score (nSPS) is 11.7. The zero-order chi connectivity index (χ0) is 13.8. The van der Waals surface area contributed by atoms with Gasteiger partial charge >= 0.3 is 0 Å². The highest BCUT2D eigenvalue weighted by atomic mass is 19.1. The van der Waals surface area contributed by atoms with Crippen molar-refractivity contribution in [2.45, 2.75) is 13.0 Å². The third-order valence-electron chi connectivity index (χ3n) is 2.59. The Bertz CT molecular complexity index is 635. The molecule has 0 saturated heterocycles. The molecule has 1 heterocycles. The van der Waals surface area contributed by atoms with Gasteiger partial charge in [0, 0.05) is 18.3 Å².